The van der Waals surface area contributed by atoms with Gasteiger partial charge in [0.15, 0.2) is 0 Å². The lowest BCUT2D eigenvalue weighted by Crippen LogP contribution is -2.16. The molecule has 2 aromatic rings. The summed E-state index contributed by atoms with van der Waals surface area (Å²) in [5.41, 5.74) is 9.15. The lowest BCUT2D eigenvalue weighted by molar-refractivity contribution is 1.01. The van der Waals surface area contributed by atoms with Crippen LogP contribution in [0.15, 0.2) is 53.0 Å². The van der Waals surface area contributed by atoms with E-state index in [-0.39, 0.29) is 0 Å². The molecule has 0 saturated carbocycles. The quantitative estimate of drug-likeness (QED) is 0.922. The van der Waals surface area contributed by atoms with Crippen LogP contribution in [0.2, 0.25) is 0 Å². The van der Waals surface area contributed by atoms with E-state index in [0.29, 0.717) is 6.54 Å². The molecular formula is C15H17BrN2. The summed E-state index contributed by atoms with van der Waals surface area (Å²) in [6.45, 7) is 3.64. The summed E-state index contributed by atoms with van der Waals surface area (Å²) in [6.07, 6.45) is 0. The van der Waals surface area contributed by atoms with Crippen molar-refractivity contribution < 1.29 is 0 Å². The molecule has 0 atom stereocenters. The summed E-state index contributed by atoms with van der Waals surface area (Å²) >= 11 is 3.63. The molecule has 0 aliphatic heterocycles. The number of anilines is 2. The molecule has 2 aromatic carbocycles. The second-order valence-corrected chi connectivity index (χ2v) is 4.92. The van der Waals surface area contributed by atoms with Crippen LogP contribution in [0.4, 0.5) is 11.4 Å². The summed E-state index contributed by atoms with van der Waals surface area (Å²) in [7, 11) is 0. The zero-order chi connectivity index (χ0) is 13.0. The maximum atomic E-state index is 5.65. The predicted octanol–water partition coefficient (Wildman–Crippen LogP) is 4.07. The van der Waals surface area contributed by atoms with Crippen molar-refractivity contribution in [1.29, 1.82) is 0 Å². The van der Waals surface area contributed by atoms with E-state index in [1.54, 1.807) is 0 Å². The highest BCUT2D eigenvalue weighted by Gasteiger charge is 2.10. The van der Waals surface area contributed by atoms with Crippen molar-refractivity contribution in [2.24, 2.45) is 5.73 Å². The molecule has 0 radical (unpaired) electrons. The van der Waals surface area contributed by atoms with Gasteiger partial charge in [0.05, 0.1) is 5.69 Å². The highest BCUT2D eigenvalue weighted by Crippen LogP contribution is 2.32. The molecule has 2 rings (SSSR count). The minimum Gasteiger partial charge on any atom is -0.341 e. The molecule has 3 heteroatoms. The van der Waals surface area contributed by atoms with Gasteiger partial charge < -0.3 is 10.6 Å². The highest BCUT2D eigenvalue weighted by molar-refractivity contribution is 9.10. The van der Waals surface area contributed by atoms with Crippen molar-refractivity contribution >= 4 is 27.3 Å². The van der Waals surface area contributed by atoms with Gasteiger partial charge in [-0.25, -0.2) is 0 Å². The van der Waals surface area contributed by atoms with Crippen LogP contribution in [0.3, 0.4) is 0 Å². The molecule has 0 amide bonds. The second-order valence-electron chi connectivity index (χ2n) is 4.07. The fourth-order valence-electron chi connectivity index (χ4n) is 2.00. The Morgan fingerprint density at radius 3 is 2.39 bits per heavy atom. The largest absolute Gasteiger partial charge is 0.341 e. The van der Waals surface area contributed by atoms with Crippen LogP contribution in [-0.4, -0.2) is 6.54 Å². The van der Waals surface area contributed by atoms with Crippen molar-refractivity contribution in [3.05, 3.63) is 58.6 Å². The Morgan fingerprint density at radius 1 is 1.11 bits per heavy atom. The Bertz CT molecular complexity index is 511. The molecule has 2 nitrogen and oxygen atoms in total. The molecule has 0 spiro atoms. The number of rotatable bonds is 4. The SMILES string of the molecule is CCN(c1ccccc1)c1ccc(CN)cc1Br. The van der Waals surface area contributed by atoms with Gasteiger partial charge in [-0.15, -0.1) is 0 Å². The van der Waals surface area contributed by atoms with E-state index in [1.165, 1.54) is 11.4 Å². The van der Waals surface area contributed by atoms with Gasteiger partial charge in [0.1, 0.15) is 0 Å². The highest BCUT2D eigenvalue weighted by atomic mass is 79.9. The molecule has 0 aliphatic rings. The first-order chi connectivity index (χ1) is 8.76. The summed E-state index contributed by atoms with van der Waals surface area (Å²) in [6, 6.07) is 16.7. The summed E-state index contributed by atoms with van der Waals surface area (Å²) in [4.78, 5) is 2.27. The lowest BCUT2D eigenvalue weighted by atomic mass is 10.2. The van der Waals surface area contributed by atoms with E-state index in [4.69, 9.17) is 5.73 Å². The van der Waals surface area contributed by atoms with Gasteiger partial charge in [-0.05, 0) is 52.7 Å². The molecule has 0 fully saturated rings. The molecule has 94 valence electrons. The van der Waals surface area contributed by atoms with Crippen LogP contribution in [0, 0.1) is 0 Å². The number of halogens is 1. The molecule has 2 N–H and O–H groups in total. The lowest BCUT2D eigenvalue weighted by Gasteiger charge is -2.24. The van der Waals surface area contributed by atoms with E-state index < -0.39 is 0 Å². The number of hydrogen-bond donors (Lipinski definition) is 1. The zero-order valence-electron chi connectivity index (χ0n) is 10.4. The minimum atomic E-state index is 0.566. The second kappa shape index (κ2) is 6.03. The third kappa shape index (κ3) is 2.74. The topological polar surface area (TPSA) is 29.3 Å². The number of hydrogen-bond acceptors (Lipinski definition) is 2. The van der Waals surface area contributed by atoms with Crippen molar-refractivity contribution in [3.8, 4) is 0 Å². The van der Waals surface area contributed by atoms with Gasteiger partial charge in [-0.3, -0.25) is 0 Å². The standard InChI is InChI=1S/C15H17BrN2/c1-2-18(13-6-4-3-5-7-13)15-9-8-12(11-17)10-14(15)16/h3-10H,2,11,17H2,1H3. The molecular weight excluding hydrogens is 288 g/mol. The average Bonchev–Trinajstić information content (AvgIpc) is 2.42. The van der Waals surface area contributed by atoms with Crippen molar-refractivity contribution in [1.82, 2.24) is 0 Å². The van der Waals surface area contributed by atoms with Gasteiger partial charge in [-0.2, -0.15) is 0 Å². The molecule has 0 unspecified atom stereocenters. The first-order valence-corrected chi connectivity index (χ1v) is 6.86. The van der Waals surface area contributed by atoms with Crippen LogP contribution in [0.1, 0.15) is 12.5 Å². The van der Waals surface area contributed by atoms with E-state index >= 15 is 0 Å². The molecule has 0 saturated heterocycles. The Morgan fingerprint density at radius 2 is 1.83 bits per heavy atom. The van der Waals surface area contributed by atoms with E-state index in [0.717, 1.165) is 16.6 Å². The third-order valence-electron chi connectivity index (χ3n) is 2.92. The number of benzene rings is 2. The van der Waals surface area contributed by atoms with Gasteiger partial charge in [0.2, 0.25) is 0 Å². The minimum absolute atomic E-state index is 0.566. The maximum absolute atomic E-state index is 5.65. The van der Waals surface area contributed by atoms with Crippen molar-refractivity contribution in [2.45, 2.75) is 13.5 Å². The van der Waals surface area contributed by atoms with Crippen molar-refractivity contribution in [3.63, 3.8) is 0 Å². The summed E-state index contributed by atoms with van der Waals surface area (Å²) in [5.74, 6) is 0. The van der Waals surface area contributed by atoms with Crippen LogP contribution in [-0.2, 0) is 6.54 Å². The third-order valence-corrected chi connectivity index (χ3v) is 3.56. The first-order valence-electron chi connectivity index (χ1n) is 6.07. The van der Waals surface area contributed by atoms with Crippen LogP contribution < -0.4 is 10.6 Å². The van der Waals surface area contributed by atoms with Crippen LogP contribution >= 0.6 is 15.9 Å². The molecule has 0 heterocycles. The Labute approximate surface area is 117 Å². The van der Waals surface area contributed by atoms with Gasteiger partial charge in [0.25, 0.3) is 0 Å². The Hall–Kier alpha value is -1.32. The smallest absolute Gasteiger partial charge is 0.0555 e. The first kappa shape index (κ1) is 13.1. The Balaban J connectivity index is 2.39. The normalized spacial score (nSPS) is 10.4. The molecule has 18 heavy (non-hydrogen) atoms. The van der Waals surface area contributed by atoms with Gasteiger partial charge in [-0.1, -0.05) is 24.3 Å². The number of para-hydroxylation sites is 1. The fraction of sp³-hybridized carbons (Fsp3) is 0.200. The Kier molecular flexibility index (Phi) is 4.39. The molecule has 0 aromatic heterocycles. The zero-order valence-corrected chi connectivity index (χ0v) is 12.0. The van der Waals surface area contributed by atoms with Crippen LogP contribution in [0.5, 0.6) is 0 Å². The van der Waals surface area contributed by atoms with Gasteiger partial charge >= 0.3 is 0 Å². The van der Waals surface area contributed by atoms with Crippen LogP contribution in [0.25, 0.3) is 0 Å². The average molecular weight is 305 g/mol. The van der Waals surface area contributed by atoms with E-state index in [9.17, 15) is 0 Å². The van der Waals surface area contributed by atoms with E-state index in [2.05, 4.69) is 70.2 Å². The number of nitrogens with zero attached hydrogens (tertiary/aromatic N) is 1. The predicted molar refractivity (Wildman–Crippen MR) is 81.2 cm³/mol. The maximum Gasteiger partial charge on any atom is 0.0555 e. The fourth-order valence-corrected chi connectivity index (χ4v) is 2.64. The number of nitrogens with two attached hydrogens (primary N) is 1. The van der Waals surface area contributed by atoms with Gasteiger partial charge in [0, 0.05) is 23.2 Å². The van der Waals surface area contributed by atoms with E-state index in [1.807, 2.05) is 6.07 Å². The molecule has 0 bridgehead atoms. The summed E-state index contributed by atoms with van der Waals surface area (Å²) < 4.78 is 1.08. The molecule has 0 aliphatic carbocycles. The van der Waals surface area contributed by atoms with Crippen molar-refractivity contribution in [2.75, 3.05) is 11.4 Å². The monoisotopic (exact) mass is 304 g/mol. The summed E-state index contributed by atoms with van der Waals surface area (Å²) in [5, 5.41) is 0.